The highest BCUT2D eigenvalue weighted by molar-refractivity contribution is 7.89. The first-order valence-corrected chi connectivity index (χ1v) is 9.84. The number of primary amides is 1. The minimum absolute atomic E-state index is 0.000827. The van der Waals surface area contributed by atoms with Crippen LogP contribution in [0.25, 0.3) is 0 Å². The maximum absolute atomic E-state index is 13.1. The zero-order chi connectivity index (χ0) is 22.7. The SMILES string of the molecule is NC(=O)c1ccc(C(F)(F)F)n(CC(=O)NCCc2ccc(S(N)(=O)=O)cc2)c1=O. The summed E-state index contributed by atoms with van der Waals surface area (Å²) in [5, 5.41) is 7.34. The fourth-order valence-corrected chi connectivity index (χ4v) is 3.08. The van der Waals surface area contributed by atoms with Gasteiger partial charge in [-0.3, -0.25) is 19.0 Å². The Balaban J connectivity index is 2.10. The van der Waals surface area contributed by atoms with Crippen LogP contribution in [0.4, 0.5) is 13.2 Å². The van der Waals surface area contributed by atoms with E-state index in [0.29, 0.717) is 17.7 Å². The highest BCUT2D eigenvalue weighted by Crippen LogP contribution is 2.28. The lowest BCUT2D eigenvalue weighted by molar-refractivity contribution is -0.144. The topological polar surface area (TPSA) is 154 Å². The Morgan fingerprint density at radius 2 is 1.67 bits per heavy atom. The number of carbonyl (C=O) groups is 2. The molecule has 0 radical (unpaired) electrons. The smallest absolute Gasteiger partial charge is 0.365 e. The summed E-state index contributed by atoms with van der Waals surface area (Å²) in [6.07, 6.45) is -4.69. The van der Waals surface area contributed by atoms with Crippen molar-refractivity contribution >= 4 is 21.8 Å². The van der Waals surface area contributed by atoms with Gasteiger partial charge in [-0.15, -0.1) is 0 Å². The van der Waals surface area contributed by atoms with Crippen LogP contribution in [0, 0.1) is 0 Å². The minimum atomic E-state index is -4.93. The van der Waals surface area contributed by atoms with E-state index < -0.39 is 51.4 Å². The van der Waals surface area contributed by atoms with Gasteiger partial charge in [-0.1, -0.05) is 12.1 Å². The van der Waals surface area contributed by atoms with Crippen LogP contribution in [-0.2, 0) is 34.0 Å². The van der Waals surface area contributed by atoms with Crippen LogP contribution in [0.2, 0.25) is 0 Å². The molecule has 0 fully saturated rings. The van der Waals surface area contributed by atoms with E-state index in [4.69, 9.17) is 10.9 Å². The maximum atomic E-state index is 13.1. The second-order valence-electron chi connectivity index (χ2n) is 6.17. The van der Waals surface area contributed by atoms with Gasteiger partial charge in [-0.2, -0.15) is 13.2 Å². The zero-order valence-corrected chi connectivity index (χ0v) is 16.1. The zero-order valence-electron chi connectivity index (χ0n) is 15.3. The number of nitrogens with one attached hydrogen (secondary N) is 1. The Morgan fingerprint density at radius 3 is 2.17 bits per heavy atom. The van der Waals surface area contributed by atoms with Gasteiger partial charge in [-0.25, -0.2) is 13.6 Å². The Morgan fingerprint density at radius 1 is 1.07 bits per heavy atom. The molecule has 1 aromatic carbocycles. The summed E-state index contributed by atoms with van der Waals surface area (Å²) in [5.74, 6) is -2.11. The second-order valence-corrected chi connectivity index (χ2v) is 7.74. The second kappa shape index (κ2) is 8.67. The number of halogens is 3. The van der Waals surface area contributed by atoms with Crippen LogP contribution in [0.15, 0.2) is 46.1 Å². The summed E-state index contributed by atoms with van der Waals surface area (Å²) < 4.78 is 62.0. The number of amides is 2. The van der Waals surface area contributed by atoms with E-state index in [1.807, 2.05) is 0 Å². The van der Waals surface area contributed by atoms with Gasteiger partial charge in [0.1, 0.15) is 17.8 Å². The van der Waals surface area contributed by atoms with Crippen molar-refractivity contribution in [1.29, 1.82) is 0 Å². The monoisotopic (exact) mass is 446 g/mol. The van der Waals surface area contributed by atoms with Crippen LogP contribution in [0.1, 0.15) is 21.6 Å². The van der Waals surface area contributed by atoms with Gasteiger partial charge in [-0.05, 0) is 36.2 Å². The van der Waals surface area contributed by atoms with Crippen molar-refractivity contribution in [1.82, 2.24) is 9.88 Å². The van der Waals surface area contributed by atoms with Crippen molar-refractivity contribution in [2.75, 3.05) is 6.54 Å². The predicted molar refractivity (Wildman–Crippen MR) is 98.8 cm³/mol. The average molecular weight is 446 g/mol. The number of aromatic nitrogens is 1. The number of pyridine rings is 1. The number of hydrogen-bond donors (Lipinski definition) is 3. The molecule has 0 aliphatic carbocycles. The van der Waals surface area contributed by atoms with Gasteiger partial charge in [0.2, 0.25) is 15.9 Å². The van der Waals surface area contributed by atoms with E-state index in [2.05, 4.69) is 5.32 Å². The number of nitrogens with two attached hydrogens (primary N) is 2. The summed E-state index contributed by atoms with van der Waals surface area (Å²) >= 11 is 0. The Hall–Kier alpha value is -3.19. The van der Waals surface area contributed by atoms with Crippen molar-refractivity contribution in [2.45, 2.75) is 24.0 Å². The third-order valence-corrected chi connectivity index (χ3v) is 4.95. The molecule has 2 rings (SSSR count). The molecule has 162 valence electrons. The van der Waals surface area contributed by atoms with Crippen LogP contribution in [0.3, 0.4) is 0 Å². The Kier molecular flexibility index (Phi) is 6.67. The van der Waals surface area contributed by atoms with E-state index in [0.717, 1.165) is 0 Å². The summed E-state index contributed by atoms with van der Waals surface area (Å²) in [6.45, 7) is -0.974. The first-order chi connectivity index (χ1) is 13.8. The number of rotatable bonds is 7. The number of benzene rings is 1. The van der Waals surface area contributed by atoms with Gasteiger partial charge in [0.05, 0.1) is 4.90 Å². The van der Waals surface area contributed by atoms with Gasteiger partial charge >= 0.3 is 6.18 Å². The van der Waals surface area contributed by atoms with Gasteiger partial charge in [0.25, 0.3) is 11.5 Å². The molecule has 0 aliphatic rings. The first kappa shape index (κ1) is 23.1. The van der Waals surface area contributed by atoms with E-state index in [1.54, 1.807) is 0 Å². The van der Waals surface area contributed by atoms with E-state index in [9.17, 15) is 36.0 Å². The quantitative estimate of drug-likeness (QED) is 0.545. The number of carbonyl (C=O) groups excluding carboxylic acids is 2. The fourth-order valence-electron chi connectivity index (χ4n) is 2.56. The lowest BCUT2D eigenvalue weighted by Crippen LogP contribution is -2.39. The normalized spacial score (nSPS) is 11.9. The fraction of sp³-hybridized carbons (Fsp3) is 0.235. The molecule has 0 saturated heterocycles. The predicted octanol–water partition coefficient (Wildman–Crippen LogP) is -0.0277. The molecular formula is C17H17F3N4O5S. The molecule has 1 aromatic heterocycles. The minimum Gasteiger partial charge on any atom is -0.365 e. The molecular weight excluding hydrogens is 429 g/mol. The number of nitrogens with zero attached hydrogens (tertiary/aromatic N) is 1. The molecule has 0 spiro atoms. The summed E-state index contributed by atoms with van der Waals surface area (Å²) in [6, 6.07) is 6.64. The highest BCUT2D eigenvalue weighted by atomic mass is 32.2. The molecule has 2 aromatic rings. The van der Waals surface area contributed by atoms with Crippen molar-refractivity contribution in [2.24, 2.45) is 10.9 Å². The van der Waals surface area contributed by atoms with Gasteiger partial charge < -0.3 is 11.1 Å². The van der Waals surface area contributed by atoms with Crippen LogP contribution in [0.5, 0.6) is 0 Å². The third kappa shape index (κ3) is 5.67. The molecule has 30 heavy (non-hydrogen) atoms. The molecule has 9 nitrogen and oxygen atoms in total. The van der Waals surface area contributed by atoms with Crippen molar-refractivity contribution < 1.29 is 31.2 Å². The molecule has 1 heterocycles. The lowest BCUT2D eigenvalue weighted by atomic mass is 10.1. The number of primary sulfonamides is 1. The molecule has 0 bridgehead atoms. The largest absolute Gasteiger partial charge is 0.431 e. The van der Waals surface area contributed by atoms with Crippen molar-refractivity contribution in [3.8, 4) is 0 Å². The lowest BCUT2D eigenvalue weighted by Gasteiger charge is -2.16. The summed E-state index contributed by atoms with van der Waals surface area (Å²) in [5.41, 5.74) is 2.21. The number of alkyl halides is 3. The molecule has 2 amide bonds. The highest BCUT2D eigenvalue weighted by Gasteiger charge is 2.35. The number of sulfonamides is 1. The van der Waals surface area contributed by atoms with Crippen LogP contribution < -0.4 is 21.7 Å². The standard InChI is InChI=1S/C17H17F3N4O5S/c18-17(19,20)13-6-5-12(15(21)26)16(27)24(13)9-14(25)23-8-7-10-1-3-11(4-2-10)30(22,28)29/h1-6H,7-9H2,(H2,21,26)(H,23,25)(H2,22,28,29). The molecule has 13 heteroatoms. The van der Waals surface area contributed by atoms with Crippen molar-refractivity contribution in [3.05, 3.63) is 63.6 Å². The average Bonchev–Trinajstić information content (AvgIpc) is 2.61. The summed E-state index contributed by atoms with van der Waals surface area (Å²) in [7, 11) is -3.84. The molecule has 0 atom stereocenters. The molecule has 0 aliphatic heterocycles. The first-order valence-electron chi connectivity index (χ1n) is 8.30. The van der Waals surface area contributed by atoms with E-state index >= 15 is 0 Å². The number of hydrogen-bond acceptors (Lipinski definition) is 5. The van der Waals surface area contributed by atoms with Gasteiger partial charge in [0.15, 0.2) is 0 Å². The Labute approximate surface area is 168 Å². The van der Waals surface area contributed by atoms with E-state index in [1.165, 1.54) is 24.3 Å². The van der Waals surface area contributed by atoms with E-state index in [-0.39, 0.29) is 22.4 Å². The molecule has 0 unspecified atom stereocenters. The summed E-state index contributed by atoms with van der Waals surface area (Å²) in [4.78, 5) is 35.3. The molecule has 0 saturated carbocycles. The van der Waals surface area contributed by atoms with Crippen LogP contribution in [-0.4, -0.2) is 31.3 Å². The molecule has 5 N–H and O–H groups in total. The van der Waals surface area contributed by atoms with Gasteiger partial charge in [0, 0.05) is 6.54 Å². The van der Waals surface area contributed by atoms with Crippen molar-refractivity contribution in [3.63, 3.8) is 0 Å². The Bertz CT molecular complexity index is 1130. The van der Waals surface area contributed by atoms with Crippen LogP contribution >= 0.6 is 0 Å². The third-order valence-electron chi connectivity index (χ3n) is 4.02. The maximum Gasteiger partial charge on any atom is 0.431 e.